The van der Waals surface area contributed by atoms with Gasteiger partial charge in [-0.3, -0.25) is 0 Å². The minimum Gasteiger partial charge on any atom is -0.384 e. The zero-order valence-electron chi connectivity index (χ0n) is 10.1. The summed E-state index contributed by atoms with van der Waals surface area (Å²) in [7, 11) is 0. The molecule has 1 aliphatic carbocycles. The molecule has 4 heteroatoms. The average molecular weight is 240 g/mol. The smallest absolute Gasteiger partial charge is 0.136 e. The molecule has 0 unspecified atom stereocenters. The molecular formula is C14H16N4. The van der Waals surface area contributed by atoms with Gasteiger partial charge in [-0.1, -0.05) is 30.3 Å². The average Bonchev–Trinajstić information content (AvgIpc) is 3.21. The lowest BCUT2D eigenvalue weighted by atomic mass is 10.2. The predicted molar refractivity (Wildman–Crippen MR) is 72.2 cm³/mol. The van der Waals surface area contributed by atoms with E-state index in [1.165, 1.54) is 18.4 Å². The van der Waals surface area contributed by atoms with Gasteiger partial charge in [-0.2, -0.15) is 0 Å². The number of rotatable bonds is 4. The van der Waals surface area contributed by atoms with Gasteiger partial charge < -0.3 is 11.1 Å². The minimum atomic E-state index is 0.519. The maximum Gasteiger partial charge on any atom is 0.136 e. The van der Waals surface area contributed by atoms with E-state index in [-0.39, 0.29) is 0 Å². The first-order valence-electron chi connectivity index (χ1n) is 6.23. The number of nitrogens with one attached hydrogen (secondary N) is 1. The van der Waals surface area contributed by atoms with Crippen LogP contribution in [0.4, 0.5) is 11.6 Å². The first-order chi connectivity index (χ1) is 8.81. The van der Waals surface area contributed by atoms with Gasteiger partial charge in [0.05, 0.1) is 0 Å². The van der Waals surface area contributed by atoms with Crippen molar-refractivity contribution in [2.45, 2.75) is 25.3 Å². The first kappa shape index (κ1) is 11.0. The highest BCUT2D eigenvalue weighted by Crippen LogP contribution is 2.38. The summed E-state index contributed by atoms with van der Waals surface area (Å²) >= 11 is 0. The van der Waals surface area contributed by atoms with Gasteiger partial charge in [0, 0.05) is 18.5 Å². The Labute approximate surface area is 106 Å². The maximum absolute atomic E-state index is 5.80. The van der Waals surface area contributed by atoms with E-state index in [4.69, 9.17) is 5.73 Å². The van der Waals surface area contributed by atoms with Crippen LogP contribution in [0, 0.1) is 0 Å². The Morgan fingerprint density at radius 2 is 1.94 bits per heavy atom. The van der Waals surface area contributed by atoms with Crippen LogP contribution in [0.15, 0.2) is 36.4 Å². The molecule has 92 valence electrons. The summed E-state index contributed by atoms with van der Waals surface area (Å²) in [6.45, 7) is 0.751. The van der Waals surface area contributed by atoms with Crippen LogP contribution >= 0.6 is 0 Å². The molecule has 0 amide bonds. The molecule has 18 heavy (non-hydrogen) atoms. The second-order valence-electron chi connectivity index (χ2n) is 4.65. The van der Waals surface area contributed by atoms with Crippen molar-refractivity contribution >= 4 is 11.6 Å². The topological polar surface area (TPSA) is 63.8 Å². The van der Waals surface area contributed by atoms with E-state index in [1.54, 1.807) is 6.07 Å². The zero-order chi connectivity index (χ0) is 12.4. The maximum atomic E-state index is 5.80. The van der Waals surface area contributed by atoms with Crippen LogP contribution in [-0.2, 0) is 6.54 Å². The highest BCUT2D eigenvalue weighted by molar-refractivity contribution is 5.45. The highest BCUT2D eigenvalue weighted by Gasteiger charge is 2.27. The first-order valence-corrected chi connectivity index (χ1v) is 6.23. The number of nitrogen functional groups attached to an aromatic ring is 1. The second kappa shape index (κ2) is 4.64. The Kier molecular flexibility index (Phi) is 2.84. The van der Waals surface area contributed by atoms with Gasteiger partial charge in [-0.15, -0.1) is 0 Å². The second-order valence-corrected chi connectivity index (χ2v) is 4.65. The molecule has 1 fully saturated rings. The predicted octanol–water partition coefficient (Wildman–Crippen LogP) is 2.55. The van der Waals surface area contributed by atoms with Crippen molar-refractivity contribution in [2.75, 3.05) is 11.1 Å². The third-order valence-corrected chi connectivity index (χ3v) is 3.02. The highest BCUT2D eigenvalue weighted by atomic mass is 15.1. The van der Waals surface area contributed by atoms with Crippen LogP contribution in [0.25, 0.3) is 0 Å². The molecule has 0 radical (unpaired) electrons. The molecule has 1 heterocycles. The van der Waals surface area contributed by atoms with Crippen molar-refractivity contribution in [1.29, 1.82) is 0 Å². The normalized spacial score (nSPS) is 14.4. The molecule has 0 spiro atoms. The molecule has 1 saturated carbocycles. The van der Waals surface area contributed by atoms with E-state index in [0.29, 0.717) is 11.7 Å². The standard InChI is InChI=1S/C14H16N4/c15-12-8-13(18-14(17-12)11-6-7-11)16-9-10-4-2-1-3-5-10/h1-5,8,11H,6-7,9H2,(H3,15,16,17,18). The molecular weight excluding hydrogens is 224 g/mol. The van der Waals surface area contributed by atoms with E-state index in [0.717, 1.165) is 18.2 Å². The van der Waals surface area contributed by atoms with Crippen LogP contribution in [0.3, 0.4) is 0 Å². The van der Waals surface area contributed by atoms with Crippen LogP contribution in [0.5, 0.6) is 0 Å². The van der Waals surface area contributed by atoms with Crippen molar-refractivity contribution in [1.82, 2.24) is 9.97 Å². The molecule has 0 aliphatic heterocycles. The number of nitrogens with two attached hydrogens (primary N) is 1. The van der Waals surface area contributed by atoms with Crippen molar-refractivity contribution < 1.29 is 0 Å². The zero-order valence-corrected chi connectivity index (χ0v) is 10.1. The molecule has 4 nitrogen and oxygen atoms in total. The lowest BCUT2D eigenvalue weighted by Crippen LogP contribution is -2.06. The Balaban J connectivity index is 1.72. The van der Waals surface area contributed by atoms with E-state index in [1.807, 2.05) is 18.2 Å². The molecule has 1 aromatic heterocycles. The van der Waals surface area contributed by atoms with Crippen molar-refractivity contribution in [3.63, 3.8) is 0 Å². The summed E-state index contributed by atoms with van der Waals surface area (Å²) in [4.78, 5) is 8.79. The summed E-state index contributed by atoms with van der Waals surface area (Å²) in [5.74, 6) is 2.76. The van der Waals surface area contributed by atoms with E-state index < -0.39 is 0 Å². The van der Waals surface area contributed by atoms with Gasteiger partial charge in [0.1, 0.15) is 17.5 Å². The van der Waals surface area contributed by atoms with Crippen LogP contribution in [0.2, 0.25) is 0 Å². The third-order valence-electron chi connectivity index (χ3n) is 3.02. The fourth-order valence-corrected chi connectivity index (χ4v) is 1.89. The van der Waals surface area contributed by atoms with Gasteiger partial charge >= 0.3 is 0 Å². The lowest BCUT2D eigenvalue weighted by molar-refractivity contribution is 0.926. The SMILES string of the molecule is Nc1cc(NCc2ccccc2)nc(C2CC2)n1. The Hall–Kier alpha value is -2.10. The summed E-state index contributed by atoms with van der Waals surface area (Å²) < 4.78 is 0. The number of hydrogen-bond donors (Lipinski definition) is 2. The molecule has 2 aromatic rings. The number of hydrogen-bond acceptors (Lipinski definition) is 4. The summed E-state index contributed by atoms with van der Waals surface area (Å²) in [5.41, 5.74) is 7.03. The summed E-state index contributed by atoms with van der Waals surface area (Å²) in [5, 5.41) is 3.29. The molecule has 3 rings (SSSR count). The molecule has 3 N–H and O–H groups in total. The third kappa shape index (κ3) is 2.59. The summed E-state index contributed by atoms with van der Waals surface area (Å²) in [6, 6.07) is 12.0. The molecule has 0 saturated heterocycles. The Bertz CT molecular complexity index is 535. The van der Waals surface area contributed by atoms with Crippen LogP contribution < -0.4 is 11.1 Å². The van der Waals surface area contributed by atoms with Gasteiger partial charge in [0.25, 0.3) is 0 Å². The molecule has 1 aliphatic rings. The lowest BCUT2D eigenvalue weighted by Gasteiger charge is -2.08. The van der Waals surface area contributed by atoms with Crippen molar-refractivity contribution in [2.24, 2.45) is 0 Å². The van der Waals surface area contributed by atoms with Crippen LogP contribution in [-0.4, -0.2) is 9.97 Å². The van der Waals surface area contributed by atoms with Gasteiger partial charge in [-0.25, -0.2) is 9.97 Å². The Morgan fingerprint density at radius 3 is 2.67 bits per heavy atom. The number of aromatic nitrogens is 2. The van der Waals surface area contributed by atoms with Crippen LogP contribution in [0.1, 0.15) is 30.1 Å². The molecule has 0 bridgehead atoms. The number of benzene rings is 1. The monoisotopic (exact) mass is 240 g/mol. The largest absolute Gasteiger partial charge is 0.384 e. The van der Waals surface area contributed by atoms with E-state index in [9.17, 15) is 0 Å². The fraction of sp³-hybridized carbons (Fsp3) is 0.286. The van der Waals surface area contributed by atoms with Gasteiger partial charge in [0.15, 0.2) is 0 Å². The fourth-order valence-electron chi connectivity index (χ4n) is 1.89. The van der Waals surface area contributed by atoms with Gasteiger partial charge in [-0.05, 0) is 18.4 Å². The number of anilines is 2. The van der Waals surface area contributed by atoms with E-state index in [2.05, 4.69) is 27.4 Å². The molecule has 1 aromatic carbocycles. The minimum absolute atomic E-state index is 0.519. The summed E-state index contributed by atoms with van der Waals surface area (Å²) in [6.07, 6.45) is 2.36. The van der Waals surface area contributed by atoms with Crippen molar-refractivity contribution in [3.8, 4) is 0 Å². The quantitative estimate of drug-likeness (QED) is 0.862. The number of nitrogens with zero attached hydrogens (tertiary/aromatic N) is 2. The molecule has 0 atom stereocenters. The van der Waals surface area contributed by atoms with E-state index >= 15 is 0 Å². The van der Waals surface area contributed by atoms with Crippen molar-refractivity contribution in [3.05, 3.63) is 47.8 Å². The Morgan fingerprint density at radius 1 is 1.17 bits per heavy atom. The van der Waals surface area contributed by atoms with Gasteiger partial charge in [0.2, 0.25) is 0 Å².